The van der Waals surface area contributed by atoms with E-state index < -0.39 is 0 Å². The Morgan fingerprint density at radius 2 is 2.22 bits per heavy atom. The molecule has 1 N–H and O–H groups in total. The van der Waals surface area contributed by atoms with Crippen LogP contribution in [-0.2, 0) is 7.05 Å². The van der Waals surface area contributed by atoms with E-state index in [2.05, 4.69) is 21.0 Å². The molecule has 5 heteroatoms. The average molecular weight is 307 g/mol. The zero-order valence-electron chi connectivity index (χ0n) is 9.67. The molecule has 0 unspecified atom stereocenters. The number of phenols is 1. The van der Waals surface area contributed by atoms with Gasteiger partial charge in [0.2, 0.25) is 5.78 Å². The highest BCUT2D eigenvalue weighted by Crippen LogP contribution is 2.23. The second-order valence-electron chi connectivity index (χ2n) is 3.74. The topological polar surface area (TPSA) is 55.1 Å². The Bertz CT molecular complexity index is 617. The molecule has 0 aliphatic carbocycles. The highest BCUT2D eigenvalue weighted by atomic mass is 79.9. The number of halogens is 1. The lowest BCUT2D eigenvalue weighted by atomic mass is 10.1. The normalized spacial score (nSPS) is 11.0. The van der Waals surface area contributed by atoms with Crippen LogP contribution in [0, 0.1) is 0 Å². The molecular weight excluding hydrogens is 296 g/mol. The molecule has 0 amide bonds. The fraction of sp³-hybridized carbons (Fsp3) is 0.0769. The summed E-state index contributed by atoms with van der Waals surface area (Å²) in [5, 5.41) is 13.6. The average Bonchev–Trinajstić information content (AvgIpc) is 2.76. The van der Waals surface area contributed by atoms with Crippen molar-refractivity contribution in [1.82, 2.24) is 9.78 Å². The van der Waals surface area contributed by atoms with E-state index in [0.717, 1.165) is 4.47 Å². The van der Waals surface area contributed by atoms with Crippen LogP contribution in [0.5, 0.6) is 5.75 Å². The highest BCUT2D eigenvalue weighted by Gasteiger charge is 2.06. The van der Waals surface area contributed by atoms with Gasteiger partial charge in [-0.05, 0) is 36.4 Å². The first-order valence-corrected chi connectivity index (χ1v) is 6.06. The summed E-state index contributed by atoms with van der Waals surface area (Å²) in [6.07, 6.45) is 4.56. The minimum absolute atomic E-state index is 0.132. The number of benzene rings is 1. The van der Waals surface area contributed by atoms with E-state index in [1.165, 1.54) is 10.8 Å². The van der Waals surface area contributed by atoms with Gasteiger partial charge in [0.1, 0.15) is 11.4 Å². The molecule has 1 aromatic carbocycles. The molecule has 2 rings (SSSR count). The molecule has 0 saturated heterocycles. The Hall–Kier alpha value is -1.88. The van der Waals surface area contributed by atoms with Gasteiger partial charge in [0.05, 0.1) is 0 Å². The first kappa shape index (κ1) is 12.6. The van der Waals surface area contributed by atoms with E-state index in [-0.39, 0.29) is 11.5 Å². The van der Waals surface area contributed by atoms with Crippen LogP contribution in [0.2, 0.25) is 0 Å². The molecule has 2 aromatic rings. The Kier molecular flexibility index (Phi) is 3.62. The zero-order chi connectivity index (χ0) is 13.1. The summed E-state index contributed by atoms with van der Waals surface area (Å²) in [5.74, 6) is -0.0263. The van der Waals surface area contributed by atoms with Crippen molar-refractivity contribution in [3.8, 4) is 5.75 Å². The van der Waals surface area contributed by atoms with Crippen molar-refractivity contribution in [2.24, 2.45) is 7.05 Å². The lowest BCUT2D eigenvalue weighted by molar-refractivity contribution is 0.103. The van der Waals surface area contributed by atoms with Gasteiger partial charge in [0, 0.05) is 23.3 Å². The van der Waals surface area contributed by atoms with Crippen molar-refractivity contribution in [3.05, 3.63) is 52.3 Å². The van der Waals surface area contributed by atoms with Gasteiger partial charge in [0.15, 0.2) is 0 Å². The van der Waals surface area contributed by atoms with Gasteiger partial charge >= 0.3 is 0 Å². The summed E-state index contributed by atoms with van der Waals surface area (Å²) in [6.45, 7) is 0. The smallest absolute Gasteiger partial charge is 0.203 e. The molecular formula is C13H11BrN2O2. The maximum absolute atomic E-state index is 11.9. The first-order valence-electron chi connectivity index (χ1n) is 5.27. The summed E-state index contributed by atoms with van der Waals surface area (Å²) in [6, 6.07) is 6.68. The molecule has 0 atom stereocenters. The van der Waals surface area contributed by atoms with Crippen molar-refractivity contribution in [3.63, 3.8) is 0 Å². The molecule has 0 fully saturated rings. The standard InChI is InChI=1S/C13H11BrN2O2/c1-16-11(6-7-15-16)13(18)4-2-9-8-10(14)3-5-12(9)17/h2-8,17H,1H3/b4-2+. The van der Waals surface area contributed by atoms with Gasteiger partial charge in [-0.3, -0.25) is 9.48 Å². The van der Waals surface area contributed by atoms with E-state index in [4.69, 9.17) is 0 Å². The summed E-state index contributed by atoms with van der Waals surface area (Å²) in [7, 11) is 1.71. The number of carbonyl (C=O) groups excluding carboxylic acids is 1. The Morgan fingerprint density at radius 3 is 2.89 bits per heavy atom. The van der Waals surface area contributed by atoms with Crippen LogP contribution < -0.4 is 0 Å². The van der Waals surface area contributed by atoms with Crippen molar-refractivity contribution in [1.29, 1.82) is 0 Å². The van der Waals surface area contributed by atoms with Crippen LogP contribution in [0.4, 0.5) is 0 Å². The third-order valence-electron chi connectivity index (χ3n) is 2.48. The van der Waals surface area contributed by atoms with Crippen molar-refractivity contribution < 1.29 is 9.90 Å². The van der Waals surface area contributed by atoms with Crippen molar-refractivity contribution in [2.45, 2.75) is 0 Å². The molecule has 0 aliphatic heterocycles. The molecule has 1 heterocycles. The minimum Gasteiger partial charge on any atom is -0.507 e. The number of phenolic OH excluding ortho intramolecular Hbond substituents is 1. The van der Waals surface area contributed by atoms with Crippen molar-refractivity contribution >= 4 is 27.8 Å². The van der Waals surface area contributed by atoms with Gasteiger partial charge in [0.25, 0.3) is 0 Å². The molecule has 0 saturated carbocycles. The van der Waals surface area contributed by atoms with Crippen LogP contribution >= 0.6 is 15.9 Å². The molecule has 0 bridgehead atoms. The fourth-order valence-corrected chi connectivity index (χ4v) is 1.90. The van der Waals surface area contributed by atoms with Crippen LogP contribution in [0.3, 0.4) is 0 Å². The maximum Gasteiger partial charge on any atom is 0.203 e. The second kappa shape index (κ2) is 5.18. The van der Waals surface area contributed by atoms with Crippen LogP contribution in [0.1, 0.15) is 16.1 Å². The number of nitrogens with zero attached hydrogens (tertiary/aromatic N) is 2. The molecule has 1 aromatic heterocycles. The number of aryl methyl sites for hydroxylation is 1. The predicted octanol–water partition coefficient (Wildman–Crippen LogP) is 2.78. The number of rotatable bonds is 3. The lowest BCUT2D eigenvalue weighted by Gasteiger charge is -2.00. The van der Waals surface area contributed by atoms with Crippen LogP contribution in [0.25, 0.3) is 6.08 Å². The third-order valence-corrected chi connectivity index (χ3v) is 2.97. The van der Waals surface area contributed by atoms with Gasteiger partial charge in [-0.1, -0.05) is 15.9 Å². The van der Waals surface area contributed by atoms with Crippen molar-refractivity contribution in [2.75, 3.05) is 0 Å². The van der Waals surface area contributed by atoms with E-state index >= 15 is 0 Å². The van der Waals surface area contributed by atoms with Crippen LogP contribution in [-0.4, -0.2) is 20.7 Å². The summed E-state index contributed by atoms with van der Waals surface area (Å²) < 4.78 is 2.35. The second-order valence-corrected chi connectivity index (χ2v) is 4.66. The first-order chi connectivity index (χ1) is 8.58. The number of allylic oxidation sites excluding steroid dienone is 1. The predicted molar refractivity (Wildman–Crippen MR) is 72.4 cm³/mol. The number of hydrogen-bond acceptors (Lipinski definition) is 3. The highest BCUT2D eigenvalue weighted by molar-refractivity contribution is 9.10. The largest absolute Gasteiger partial charge is 0.507 e. The van der Waals surface area contributed by atoms with Gasteiger partial charge in [-0.25, -0.2) is 0 Å². The van der Waals surface area contributed by atoms with Gasteiger partial charge in [-0.2, -0.15) is 5.10 Å². The molecule has 18 heavy (non-hydrogen) atoms. The molecule has 4 nitrogen and oxygen atoms in total. The summed E-state index contributed by atoms with van der Waals surface area (Å²) in [5.41, 5.74) is 1.08. The van der Waals surface area contributed by atoms with Crippen LogP contribution in [0.15, 0.2) is 41.0 Å². The number of ketones is 1. The third kappa shape index (κ3) is 2.68. The van der Waals surface area contributed by atoms with Gasteiger partial charge < -0.3 is 5.11 Å². The van der Waals surface area contributed by atoms with E-state index in [9.17, 15) is 9.90 Å². The Morgan fingerprint density at radius 1 is 1.44 bits per heavy atom. The Labute approximate surface area is 113 Å². The maximum atomic E-state index is 11.9. The monoisotopic (exact) mass is 306 g/mol. The summed E-state index contributed by atoms with van der Waals surface area (Å²) in [4.78, 5) is 11.9. The van der Waals surface area contributed by atoms with E-state index in [1.54, 1.807) is 43.6 Å². The number of aromatic nitrogens is 2. The molecule has 0 aliphatic rings. The molecule has 92 valence electrons. The fourth-order valence-electron chi connectivity index (χ4n) is 1.53. The SMILES string of the molecule is Cn1nccc1C(=O)/C=C/c1cc(Br)ccc1O. The Balaban J connectivity index is 2.24. The number of hydrogen-bond donors (Lipinski definition) is 1. The summed E-state index contributed by atoms with van der Waals surface area (Å²) >= 11 is 3.31. The molecule has 0 spiro atoms. The number of aromatic hydroxyl groups is 1. The van der Waals surface area contributed by atoms with Gasteiger partial charge in [-0.15, -0.1) is 0 Å². The molecule has 0 radical (unpaired) electrons. The minimum atomic E-state index is -0.158. The quantitative estimate of drug-likeness (QED) is 0.701. The lowest BCUT2D eigenvalue weighted by Crippen LogP contribution is -2.03. The zero-order valence-corrected chi connectivity index (χ0v) is 11.3. The number of carbonyl (C=O) groups is 1. The van der Waals surface area contributed by atoms with E-state index in [0.29, 0.717) is 11.3 Å². The van der Waals surface area contributed by atoms with E-state index in [1.807, 2.05) is 0 Å².